The van der Waals surface area contributed by atoms with Crippen LogP contribution in [0, 0.1) is 23.2 Å². The van der Waals surface area contributed by atoms with Crippen LogP contribution in [0.15, 0.2) is 0 Å². The summed E-state index contributed by atoms with van der Waals surface area (Å²) in [6.45, 7) is 24.2. The summed E-state index contributed by atoms with van der Waals surface area (Å²) in [5, 5.41) is 4.02. The van der Waals surface area contributed by atoms with E-state index in [1.165, 1.54) is 51.6 Å². The van der Waals surface area contributed by atoms with Crippen LogP contribution in [0.25, 0.3) is 0 Å². The highest BCUT2D eigenvalue weighted by Gasteiger charge is 2.42. The maximum absolute atomic E-state index is 4.02. The number of rotatable bonds is 7. The summed E-state index contributed by atoms with van der Waals surface area (Å²) in [6.07, 6.45) is 8.20. The zero-order valence-electron chi connectivity index (χ0n) is 19.4. The highest BCUT2D eigenvalue weighted by Crippen LogP contribution is 2.42. The lowest BCUT2D eigenvalue weighted by Gasteiger charge is -2.53. The van der Waals surface area contributed by atoms with Crippen molar-refractivity contribution >= 4 is 0 Å². The van der Waals surface area contributed by atoms with E-state index in [4.69, 9.17) is 0 Å². The summed E-state index contributed by atoms with van der Waals surface area (Å²) >= 11 is 0. The lowest BCUT2D eigenvalue weighted by molar-refractivity contribution is -0.0459. The molecular formula is C24H48N2. The van der Waals surface area contributed by atoms with E-state index in [0.717, 1.165) is 23.8 Å². The summed E-state index contributed by atoms with van der Waals surface area (Å²) < 4.78 is 0. The van der Waals surface area contributed by atoms with E-state index in [2.05, 4.69) is 72.5 Å². The average Bonchev–Trinajstić information content (AvgIpc) is 2.42. The van der Waals surface area contributed by atoms with Crippen molar-refractivity contribution in [3.8, 4) is 0 Å². The van der Waals surface area contributed by atoms with E-state index in [0.29, 0.717) is 11.0 Å². The third-order valence-corrected chi connectivity index (χ3v) is 7.64. The van der Waals surface area contributed by atoms with Crippen molar-refractivity contribution in [3.05, 3.63) is 0 Å². The molecule has 2 rings (SSSR count). The fourth-order valence-electron chi connectivity index (χ4n) is 4.91. The number of hydrogen-bond acceptors (Lipinski definition) is 2. The Morgan fingerprint density at radius 1 is 0.846 bits per heavy atom. The monoisotopic (exact) mass is 364 g/mol. The SMILES string of the molecule is CC(C)C1CCC(NC(C)(C)CCC(C)(C)C2CN(C(C)(C)C)C2)CC1. The quantitative estimate of drug-likeness (QED) is 0.586. The zero-order valence-corrected chi connectivity index (χ0v) is 19.4. The van der Waals surface area contributed by atoms with Gasteiger partial charge in [-0.25, -0.2) is 0 Å². The number of nitrogens with one attached hydrogen (secondary N) is 1. The van der Waals surface area contributed by atoms with Gasteiger partial charge in [0.1, 0.15) is 0 Å². The van der Waals surface area contributed by atoms with E-state index in [9.17, 15) is 0 Å². The first-order valence-electron chi connectivity index (χ1n) is 11.3. The summed E-state index contributed by atoms with van der Waals surface area (Å²) in [4.78, 5) is 2.63. The molecule has 1 saturated carbocycles. The molecule has 0 bridgehead atoms. The normalized spacial score (nSPS) is 27.0. The molecule has 0 atom stereocenters. The Morgan fingerprint density at radius 3 is 1.85 bits per heavy atom. The fraction of sp³-hybridized carbons (Fsp3) is 1.00. The molecule has 154 valence electrons. The highest BCUT2D eigenvalue weighted by atomic mass is 15.2. The van der Waals surface area contributed by atoms with Crippen LogP contribution in [0.5, 0.6) is 0 Å². The molecule has 0 amide bonds. The van der Waals surface area contributed by atoms with Crippen LogP contribution < -0.4 is 5.32 Å². The van der Waals surface area contributed by atoms with Gasteiger partial charge in [-0.15, -0.1) is 0 Å². The fourth-order valence-corrected chi connectivity index (χ4v) is 4.91. The van der Waals surface area contributed by atoms with Crippen LogP contribution in [0.2, 0.25) is 0 Å². The van der Waals surface area contributed by atoms with Crippen molar-refractivity contribution in [1.82, 2.24) is 10.2 Å². The van der Waals surface area contributed by atoms with Gasteiger partial charge in [0.25, 0.3) is 0 Å². The minimum Gasteiger partial charge on any atom is -0.309 e. The Labute approximate surface area is 164 Å². The summed E-state index contributed by atoms with van der Waals surface area (Å²) in [6, 6.07) is 0.739. The molecule has 1 saturated heterocycles. The van der Waals surface area contributed by atoms with E-state index in [1.807, 2.05) is 0 Å². The first kappa shape index (κ1) is 22.2. The molecule has 2 nitrogen and oxygen atoms in total. The minimum absolute atomic E-state index is 0.264. The second-order valence-corrected chi connectivity index (χ2v) is 12.1. The number of nitrogens with zero attached hydrogens (tertiary/aromatic N) is 1. The Morgan fingerprint density at radius 2 is 1.38 bits per heavy atom. The van der Waals surface area contributed by atoms with Gasteiger partial charge in [-0.1, -0.05) is 27.7 Å². The van der Waals surface area contributed by atoms with E-state index < -0.39 is 0 Å². The van der Waals surface area contributed by atoms with Crippen LogP contribution in [0.1, 0.15) is 101 Å². The van der Waals surface area contributed by atoms with Crippen molar-refractivity contribution in [1.29, 1.82) is 0 Å². The molecule has 2 fully saturated rings. The third kappa shape index (κ3) is 5.96. The Balaban J connectivity index is 1.75. The molecule has 2 heteroatoms. The van der Waals surface area contributed by atoms with Gasteiger partial charge in [0.2, 0.25) is 0 Å². The highest BCUT2D eigenvalue weighted by molar-refractivity contribution is 4.96. The lowest BCUT2D eigenvalue weighted by Crippen LogP contribution is -2.60. The Kier molecular flexibility index (Phi) is 6.93. The largest absolute Gasteiger partial charge is 0.309 e. The Hall–Kier alpha value is -0.0800. The topological polar surface area (TPSA) is 15.3 Å². The van der Waals surface area contributed by atoms with Gasteiger partial charge >= 0.3 is 0 Å². The maximum Gasteiger partial charge on any atom is 0.0127 e. The molecule has 0 unspecified atom stereocenters. The van der Waals surface area contributed by atoms with Crippen LogP contribution >= 0.6 is 0 Å². The van der Waals surface area contributed by atoms with Gasteiger partial charge in [0.15, 0.2) is 0 Å². The molecule has 2 aliphatic rings. The zero-order chi connectivity index (χ0) is 19.8. The predicted molar refractivity (Wildman–Crippen MR) is 116 cm³/mol. The second kappa shape index (κ2) is 8.11. The van der Waals surface area contributed by atoms with Crippen LogP contribution in [-0.2, 0) is 0 Å². The minimum atomic E-state index is 0.264. The first-order valence-corrected chi connectivity index (χ1v) is 11.3. The van der Waals surface area contributed by atoms with Crippen molar-refractivity contribution in [2.75, 3.05) is 13.1 Å². The molecule has 1 aliphatic carbocycles. The molecule has 1 heterocycles. The molecule has 0 aromatic rings. The third-order valence-electron chi connectivity index (χ3n) is 7.64. The Bertz CT molecular complexity index is 430. The van der Waals surface area contributed by atoms with Crippen LogP contribution in [-0.4, -0.2) is 35.1 Å². The summed E-state index contributed by atoms with van der Waals surface area (Å²) in [5.41, 5.74) is 1.05. The van der Waals surface area contributed by atoms with Crippen molar-refractivity contribution < 1.29 is 0 Å². The van der Waals surface area contributed by atoms with Crippen LogP contribution in [0.4, 0.5) is 0 Å². The average molecular weight is 365 g/mol. The molecule has 26 heavy (non-hydrogen) atoms. The molecule has 0 aromatic heterocycles. The van der Waals surface area contributed by atoms with Crippen molar-refractivity contribution in [2.45, 2.75) is 118 Å². The second-order valence-electron chi connectivity index (χ2n) is 12.1. The van der Waals surface area contributed by atoms with Gasteiger partial charge in [-0.2, -0.15) is 0 Å². The smallest absolute Gasteiger partial charge is 0.0127 e. The van der Waals surface area contributed by atoms with Crippen molar-refractivity contribution in [3.63, 3.8) is 0 Å². The molecule has 1 aliphatic heterocycles. The maximum atomic E-state index is 4.02. The van der Waals surface area contributed by atoms with E-state index in [-0.39, 0.29) is 5.54 Å². The van der Waals surface area contributed by atoms with Gasteiger partial charge in [0, 0.05) is 30.2 Å². The molecule has 0 radical (unpaired) electrons. The summed E-state index contributed by atoms with van der Waals surface area (Å²) in [7, 11) is 0. The van der Waals surface area contributed by atoms with Gasteiger partial charge in [-0.05, 0) is 96.3 Å². The summed E-state index contributed by atoms with van der Waals surface area (Å²) in [5.74, 6) is 2.68. The van der Waals surface area contributed by atoms with E-state index >= 15 is 0 Å². The first-order chi connectivity index (χ1) is 11.8. The van der Waals surface area contributed by atoms with Gasteiger partial charge < -0.3 is 5.32 Å². The molecule has 0 aromatic carbocycles. The van der Waals surface area contributed by atoms with E-state index in [1.54, 1.807) is 0 Å². The standard InChI is InChI=1S/C24H48N2/c1-18(2)19-10-12-21(13-11-19)25-24(8,9)15-14-23(6,7)20-16-26(17-20)22(3,4)5/h18-21,25H,10-17H2,1-9H3. The number of hydrogen-bond donors (Lipinski definition) is 1. The molecule has 1 N–H and O–H groups in total. The van der Waals surface area contributed by atoms with Gasteiger partial charge in [0.05, 0.1) is 0 Å². The molecule has 0 spiro atoms. The van der Waals surface area contributed by atoms with Crippen molar-refractivity contribution in [2.24, 2.45) is 23.2 Å². The van der Waals surface area contributed by atoms with Crippen LogP contribution in [0.3, 0.4) is 0 Å². The van der Waals surface area contributed by atoms with Gasteiger partial charge in [-0.3, -0.25) is 4.90 Å². The predicted octanol–water partition coefficient (Wildman–Crippen LogP) is 6.11. The molecular weight excluding hydrogens is 316 g/mol. The number of likely N-dealkylation sites (tertiary alicyclic amines) is 1. The lowest BCUT2D eigenvalue weighted by atomic mass is 9.69.